The molecule has 2 bridgehead atoms. The predicted molar refractivity (Wildman–Crippen MR) is 111 cm³/mol. The number of fused-ring (bicyclic) bond motifs is 2. The minimum Gasteiger partial charge on any atom is -0.456 e. The summed E-state index contributed by atoms with van der Waals surface area (Å²) in [6.45, 7) is 3.68. The second kappa shape index (κ2) is 8.11. The Labute approximate surface area is 175 Å². The number of hydrogen-bond acceptors (Lipinski definition) is 6. The molecule has 0 amide bonds. The smallest absolute Gasteiger partial charge is 0.338 e. The molecular formula is C23H26O5S. The van der Waals surface area contributed by atoms with Crippen LogP contribution in [0.3, 0.4) is 0 Å². The van der Waals surface area contributed by atoms with E-state index in [1.807, 2.05) is 31.2 Å². The number of benzene rings is 2. The SMILES string of the molecule is C[C@@]1(O)[C@@H]2C[C@H](C[C@H]1OC(=O)c1ccccc1)[C@@](C)(CSc1ccccc1)OO2. The molecule has 1 N–H and O–H groups in total. The van der Waals surface area contributed by atoms with Crippen molar-refractivity contribution in [1.29, 1.82) is 0 Å². The van der Waals surface area contributed by atoms with E-state index in [0.29, 0.717) is 24.2 Å². The Bertz CT molecular complexity index is 841. The summed E-state index contributed by atoms with van der Waals surface area (Å²) in [7, 11) is 0. The predicted octanol–water partition coefficient (Wildman–Crippen LogP) is 4.25. The fourth-order valence-corrected chi connectivity index (χ4v) is 5.08. The van der Waals surface area contributed by atoms with Crippen molar-refractivity contribution >= 4 is 17.7 Å². The van der Waals surface area contributed by atoms with Crippen LogP contribution in [0.5, 0.6) is 0 Å². The van der Waals surface area contributed by atoms with Gasteiger partial charge in [0.05, 0.1) is 5.56 Å². The summed E-state index contributed by atoms with van der Waals surface area (Å²) >= 11 is 1.71. The number of carbonyl (C=O) groups is 1. The van der Waals surface area contributed by atoms with Crippen molar-refractivity contribution in [2.75, 3.05) is 5.75 Å². The average Bonchev–Trinajstić information content (AvgIpc) is 2.74. The fraction of sp³-hybridized carbons (Fsp3) is 0.435. The lowest BCUT2D eigenvalue weighted by Gasteiger charge is -2.53. The highest BCUT2D eigenvalue weighted by molar-refractivity contribution is 7.99. The third kappa shape index (κ3) is 4.21. The van der Waals surface area contributed by atoms with Crippen LogP contribution in [0.25, 0.3) is 0 Å². The minimum atomic E-state index is -1.31. The minimum absolute atomic E-state index is 0.103. The van der Waals surface area contributed by atoms with E-state index < -0.39 is 29.4 Å². The summed E-state index contributed by atoms with van der Waals surface area (Å²) in [6, 6.07) is 19.0. The van der Waals surface area contributed by atoms with Crippen LogP contribution in [0, 0.1) is 5.92 Å². The zero-order valence-electron chi connectivity index (χ0n) is 16.6. The van der Waals surface area contributed by atoms with Gasteiger partial charge >= 0.3 is 5.97 Å². The van der Waals surface area contributed by atoms with Gasteiger partial charge in [-0.2, -0.15) is 0 Å². The molecule has 6 heteroatoms. The summed E-state index contributed by atoms with van der Waals surface area (Å²) in [5.41, 5.74) is -1.38. The Kier molecular flexibility index (Phi) is 5.71. The lowest BCUT2D eigenvalue weighted by atomic mass is 9.69. The topological polar surface area (TPSA) is 65.0 Å². The molecule has 5 nitrogen and oxygen atoms in total. The maximum absolute atomic E-state index is 12.6. The maximum Gasteiger partial charge on any atom is 0.338 e. The number of rotatable bonds is 5. The third-order valence-electron chi connectivity index (χ3n) is 6.05. The molecule has 0 unspecified atom stereocenters. The third-order valence-corrected chi connectivity index (χ3v) is 7.37. The highest BCUT2D eigenvalue weighted by Gasteiger charge is 2.57. The number of aliphatic hydroxyl groups is 1. The quantitative estimate of drug-likeness (QED) is 0.448. The van der Waals surface area contributed by atoms with Crippen LogP contribution in [-0.2, 0) is 14.5 Å². The van der Waals surface area contributed by atoms with E-state index in [9.17, 15) is 9.90 Å². The molecule has 2 aliphatic rings. The van der Waals surface area contributed by atoms with Gasteiger partial charge in [-0.15, -0.1) is 11.8 Å². The lowest BCUT2D eigenvalue weighted by molar-refractivity contribution is -0.448. The second-order valence-corrected chi connectivity index (χ2v) is 9.29. The van der Waals surface area contributed by atoms with Gasteiger partial charge in [-0.05, 0) is 56.9 Å². The van der Waals surface area contributed by atoms with Crippen LogP contribution in [0.4, 0.5) is 0 Å². The van der Waals surface area contributed by atoms with Gasteiger partial charge < -0.3 is 9.84 Å². The van der Waals surface area contributed by atoms with E-state index >= 15 is 0 Å². The molecular weight excluding hydrogens is 388 g/mol. The van der Waals surface area contributed by atoms with Crippen molar-refractivity contribution in [2.24, 2.45) is 5.92 Å². The van der Waals surface area contributed by atoms with Crippen LogP contribution in [0.2, 0.25) is 0 Å². The second-order valence-electron chi connectivity index (χ2n) is 8.24. The van der Waals surface area contributed by atoms with Crippen molar-refractivity contribution in [1.82, 2.24) is 0 Å². The molecule has 0 radical (unpaired) electrons. The van der Waals surface area contributed by atoms with Gasteiger partial charge in [-0.3, -0.25) is 0 Å². The van der Waals surface area contributed by atoms with E-state index in [2.05, 4.69) is 12.1 Å². The maximum atomic E-state index is 12.6. The molecule has 0 aromatic heterocycles. The average molecular weight is 415 g/mol. The van der Waals surface area contributed by atoms with E-state index in [0.717, 1.165) is 4.90 Å². The van der Waals surface area contributed by atoms with E-state index in [1.165, 1.54) is 0 Å². The summed E-state index contributed by atoms with van der Waals surface area (Å²) in [4.78, 5) is 25.2. The first-order chi connectivity index (χ1) is 13.9. The van der Waals surface area contributed by atoms with Crippen LogP contribution >= 0.6 is 11.8 Å². The zero-order chi connectivity index (χ0) is 20.5. The molecule has 154 valence electrons. The Balaban J connectivity index is 1.48. The molecule has 2 aromatic rings. The van der Waals surface area contributed by atoms with Crippen molar-refractivity contribution in [3.05, 3.63) is 66.2 Å². The van der Waals surface area contributed by atoms with Gasteiger partial charge in [0.2, 0.25) is 0 Å². The molecule has 0 spiro atoms. The van der Waals surface area contributed by atoms with Crippen molar-refractivity contribution in [3.8, 4) is 0 Å². The molecule has 4 rings (SSSR count). The van der Waals surface area contributed by atoms with Crippen LogP contribution in [-0.4, -0.2) is 40.2 Å². The van der Waals surface area contributed by atoms with E-state index in [1.54, 1.807) is 43.0 Å². The largest absolute Gasteiger partial charge is 0.456 e. The molecule has 1 aliphatic carbocycles. The molecule has 1 saturated carbocycles. The van der Waals surface area contributed by atoms with Crippen LogP contribution < -0.4 is 0 Å². The summed E-state index contributed by atoms with van der Waals surface area (Å²) in [5, 5.41) is 11.0. The Morgan fingerprint density at radius 2 is 1.76 bits per heavy atom. The van der Waals surface area contributed by atoms with Gasteiger partial charge in [0, 0.05) is 10.6 Å². The molecule has 29 heavy (non-hydrogen) atoms. The molecule has 1 aliphatic heterocycles. The number of ether oxygens (including phenoxy) is 1. The fourth-order valence-electron chi connectivity index (χ4n) is 3.99. The van der Waals surface area contributed by atoms with Crippen molar-refractivity contribution in [2.45, 2.75) is 55.0 Å². The van der Waals surface area contributed by atoms with Crippen LogP contribution in [0.1, 0.15) is 37.0 Å². The van der Waals surface area contributed by atoms with Crippen molar-refractivity contribution < 1.29 is 24.4 Å². The first-order valence-electron chi connectivity index (χ1n) is 9.89. The molecule has 5 atom stereocenters. The number of hydrogen-bond donors (Lipinski definition) is 1. The van der Waals surface area contributed by atoms with Crippen molar-refractivity contribution in [3.63, 3.8) is 0 Å². The summed E-state index contributed by atoms with van der Waals surface area (Å²) in [5.74, 6) is 0.374. The monoisotopic (exact) mass is 414 g/mol. The molecule has 1 heterocycles. The normalized spacial score (nSPS) is 33.8. The van der Waals surface area contributed by atoms with Gasteiger partial charge in [0.1, 0.15) is 23.4 Å². The van der Waals surface area contributed by atoms with Gasteiger partial charge in [-0.25, -0.2) is 14.6 Å². The van der Waals surface area contributed by atoms with Gasteiger partial charge in [-0.1, -0.05) is 36.4 Å². The Hall–Kier alpha value is -1.86. The lowest BCUT2D eigenvalue weighted by Crippen LogP contribution is -2.64. The number of thioether (sulfide) groups is 1. The standard InChI is InChI=1S/C23H26O5S/c1-22(15-29-18-11-7-4-8-12-18)17-13-19(23(2,25)20(14-17)27-28-22)26-21(24)16-9-5-3-6-10-16/h3-12,17,19-20,25H,13-15H2,1-2H3/t17-,19+,20-,22+,23-/m0/s1. The highest BCUT2D eigenvalue weighted by atomic mass is 32.2. The van der Waals surface area contributed by atoms with E-state index in [4.69, 9.17) is 14.5 Å². The number of carbonyl (C=O) groups excluding carboxylic acids is 1. The summed E-state index contributed by atoms with van der Waals surface area (Å²) in [6.07, 6.45) is -0.0104. The van der Waals surface area contributed by atoms with Gasteiger partial charge in [0.25, 0.3) is 0 Å². The van der Waals surface area contributed by atoms with Crippen LogP contribution in [0.15, 0.2) is 65.6 Å². The first-order valence-corrected chi connectivity index (χ1v) is 10.9. The molecule has 2 aromatic carbocycles. The molecule has 1 saturated heterocycles. The number of esters is 1. The Morgan fingerprint density at radius 3 is 2.45 bits per heavy atom. The van der Waals surface area contributed by atoms with E-state index in [-0.39, 0.29) is 5.92 Å². The van der Waals surface area contributed by atoms with Gasteiger partial charge in [0.15, 0.2) is 0 Å². The first kappa shape index (κ1) is 20.4. The molecule has 2 fully saturated rings. The Morgan fingerprint density at radius 1 is 1.10 bits per heavy atom. The highest BCUT2D eigenvalue weighted by Crippen LogP contribution is 2.47. The summed E-state index contributed by atoms with van der Waals surface area (Å²) < 4.78 is 5.75. The zero-order valence-corrected chi connectivity index (χ0v) is 17.4.